The third-order valence-electron chi connectivity index (χ3n) is 5.48. The second-order valence-electron chi connectivity index (χ2n) is 7.52. The number of rotatable bonds is 6. The zero-order chi connectivity index (χ0) is 19.6. The number of imide groups is 2. The number of urea groups is 1. The molecule has 0 N–H and O–H groups in total. The van der Waals surface area contributed by atoms with Crippen molar-refractivity contribution in [3.8, 4) is 5.75 Å². The minimum atomic E-state index is -0.723. The highest BCUT2D eigenvalue weighted by molar-refractivity contribution is 6.44. The van der Waals surface area contributed by atoms with Gasteiger partial charge < -0.3 is 4.74 Å². The number of hydrogen-bond donors (Lipinski definition) is 0. The van der Waals surface area contributed by atoms with Gasteiger partial charge in [0.2, 0.25) is 0 Å². The fourth-order valence-electron chi connectivity index (χ4n) is 3.95. The van der Waals surface area contributed by atoms with Crippen molar-refractivity contribution in [1.29, 1.82) is 0 Å². The van der Waals surface area contributed by atoms with Crippen LogP contribution < -0.4 is 4.74 Å². The van der Waals surface area contributed by atoms with E-state index in [1.165, 1.54) is 4.90 Å². The molecule has 1 aromatic rings. The fourth-order valence-corrected chi connectivity index (χ4v) is 3.95. The summed E-state index contributed by atoms with van der Waals surface area (Å²) in [4.78, 5) is 41.8. The number of methoxy groups -OCH3 is 1. The zero-order valence-corrected chi connectivity index (χ0v) is 16.2. The van der Waals surface area contributed by atoms with Crippen molar-refractivity contribution < 1.29 is 19.1 Å². The van der Waals surface area contributed by atoms with Crippen LogP contribution in [0.5, 0.6) is 5.75 Å². The molecule has 4 amide bonds. The maximum Gasteiger partial charge on any atom is 0.335 e. The summed E-state index contributed by atoms with van der Waals surface area (Å²) in [6.45, 7) is 2.69. The molecule has 7 heteroatoms. The van der Waals surface area contributed by atoms with Crippen LogP contribution in [0.25, 0.3) is 0 Å². The first-order valence-electron chi connectivity index (χ1n) is 9.43. The number of hydrogen-bond acceptors (Lipinski definition) is 5. The molecule has 0 spiro atoms. The lowest BCUT2D eigenvalue weighted by Gasteiger charge is -2.34. The molecule has 146 valence electrons. The topological polar surface area (TPSA) is 70.2 Å². The highest BCUT2D eigenvalue weighted by atomic mass is 16.5. The van der Waals surface area contributed by atoms with Gasteiger partial charge in [0.05, 0.1) is 13.8 Å². The molecule has 0 radical (unpaired) electrons. The van der Waals surface area contributed by atoms with Gasteiger partial charge in [-0.2, -0.15) is 0 Å². The van der Waals surface area contributed by atoms with E-state index in [0.717, 1.165) is 41.9 Å². The molecule has 2 aliphatic rings. The molecule has 0 bridgehead atoms. The van der Waals surface area contributed by atoms with E-state index in [4.69, 9.17) is 4.74 Å². The average molecular weight is 373 g/mol. The molecule has 27 heavy (non-hydrogen) atoms. The lowest BCUT2D eigenvalue weighted by atomic mass is 9.85. The van der Waals surface area contributed by atoms with Crippen molar-refractivity contribution in [3.05, 3.63) is 29.8 Å². The zero-order valence-electron chi connectivity index (χ0n) is 16.2. The van der Waals surface area contributed by atoms with E-state index in [0.29, 0.717) is 6.54 Å². The minimum absolute atomic E-state index is 0.0903. The Kier molecular flexibility index (Phi) is 5.79. The van der Waals surface area contributed by atoms with Crippen LogP contribution >= 0.6 is 0 Å². The molecule has 3 rings (SSSR count). The Morgan fingerprint density at radius 2 is 1.74 bits per heavy atom. The Balaban J connectivity index is 1.66. The van der Waals surface area contributed by atoms with Gasteiger partial charge in [-0.3, -0.25) is 19.4 Å². The predicted molar refractivity (Wildman–Crippen MR) is 99.8 cm³/mol. The van der Waals surface area contributed by atoms with Crippen molar-refractivity contribution in [3.63, 3.8) is 0 Å². The molecule has 1 heterocycles. The third kappa shape index (κ3) is 3.98. The first-order chi connectivity index (χ1) is 12.9. The Morgan fingerprint density at radius 1 is 1.07 bits per heavy atom. The standard InChI is InChI=1S/C20H27N3O4/c1-14-6-4-5-7-17(14)23-19(25)18(24)22(20(23)26)13-21(2)12-15-8-10-16(27-3)11-9-15/h8-11,14,17H,4-7,12-13H2,1-3H3/t14-,17-/m1/s1. The summed E-state index contributed by atoms with van der Waals surface area (Å²) in [6, 6.07) is 6.95. The van der Waals surface area contributed by atoms with E-state index in [2.05, 4.69) is 0 Å². The average Bonchev–Trinajstić information content (AvgIpc) is 2.86. The molecule has 1 saturated carbocycles. The molecule has 2 fully saturated rings. The van der Waals surface area contributed by atoms with Gasteiger partial charge >= 0.3 is 17.8 Å². The summed E-state index contributed by atoms with van der Waals surface area (Å²) in [5.74, 6) is -0.401. The SMILES string of the molecule is COc1ccc(CN(C)CN2C(=O)C(=O)N([C@@H]3CCCC[C@H]3C)C2=O)cc1. The highest BCUT2D eigenvalue weighted by Gasteiger charge is 2.49. The quantitative estimate of drug-likeness (QED) is 0.566. The predicted octanol–water partition coefficient (Wildman–Crippen LogP) is 2.45. The first-order valence-corrected chi connectivity index (χ1v) is 9.43. The van der Waals surface area contributed by atoms with Crippen molar-refractivity contribution >= 4 is 17.8 Å². The van der Waals surface area contributed by atoms with Crippen LogP contribution in [-0.4, -0.2) is 59.4 Å². The minimum Gasteiger partial charge on any atom is -0.497 e. The summed E-state index contributed by atoms with van der Waals surface area (Å²) >= 11 is 0. The van der Waals surface area contributed by atoms with Crippen molar-refractivity contribution in [2.75, 3.05) is 20.8 Å². The van der Waals surface area contributed by atoms with Gasteiger partial charge in [0.25, 0.3) is 0 Å². The molecule has 0 aromatic heterocycles. The highest BCUT2D eigenvalue weighted by Crippen LogP contribution is 2.31. The van der Waals surface area contributed by atoms with Gasteiger partial charge in [-0.25, -0.2) is 9.69 Å². The van der Waals surface area contributed by atoms with Crippen LogP contribution in [0.2, 0.25) is 0 Å². The molecule has 2 atom stereocenters. The smallest absolute Gasteiger partial charge is 0.335 e. The van der Waals surface area contributed by atoms with Gasteiger partial charge in [0.1, 0.15) is 5.75 Å². The lowest BCUT2D eigenvalue weighted by molar-refractivity contribution is -0.145. The lowest BCUT2D eigenvalue weighted by Crippen LogP contribution is -2.46. The molecule has 1 aromatic carbocycles. The van der Waals surface area contributed by atoms with E-state index < -0.39 is 17.8 Å². The van der Waals surface area contributed by atoms with Crippen LogP contribution in [0, 0.1) is 5.92 Å². The number of carbonyl (C=O) groups excluding carboxylic acids is 3. The normalized spacial score (nSPS) is 23.5. The summed E-state index contributed by atoms with van der Waals surface area (Å²) in [7, 11) is 3.43. The van der Waals surface area contributed by atoms with Crippen molar-refractivity contribution in [2.45, 2.75) is 45.2 Å². The van der Waals surface area contributed by atoms with Crippen LogP contribution in [0.3, 0.4) is 0 Å². The van der Waals surface area contributed by atoms with Crippen LogP contribution in [0.15, 0.2) is 24.3 Å². The molecule has 1 aliphatic carbocycles. The van der Waals surface area contributed by atoms with Crippen molar-refractivity contribution in [2.24, 2.45) is 5.92 Å². The monoisotopic (exact) mass is 373 g/mol. The van der Waals surface area contributed by atoms with Gasteiger partial charge in [-0.05, 0) is 43.5 Å². The maximum atomic E-state index is 12.8. The second kappa shape index (κ2) is 8.08. The Hall–Kier alpha value is -2.41. The number of nitrogens with zero attached hydrogens (tertiary/aromatic N) is 3. The number of carbonyl (C=O) groups is 3. The van der Waals surface area contributed by atoms with Crippen LogP contribution in [-0.2, 0) is 16.1 Å². The fraction of sp³-hybridized carbons (Fsp3) is 0.550. The molecule has 1 saturated heterocycles. The van der Waals surface area contributed by atoms with Gasteiger partial charge in [-0.15, -0.1) is 0 Å². The summed E-state index contributed by atoms with van der Waals surface area (Å²) in [6.07, 6.45) is 3.85. The summed E-state index contributed by atoms with van der Waals surface area (Å²) in [5.41, 5.74) is 1.03. The van der Waals surface area contributed by atoms with E-state index in [-0.39, 0.29) is 18.6 Å². The van der Waals surface area contributed by atoms with E-state index in [1.54, 1.807) is 7.11 Å². The largest absolute Gasteiger partial charge is 0.497 e. The Bertz CT molecular complexity index is 718. The van der Waals surface area contributed by atoms with Gasteiger partial charge in [0.15, 0.2) is 0 Å². The third-order valence-corrected chi connectivity index (χ3v) is 5.48. The number of amides is 4. The molecular formula is C20H27N3O4. The van der Waals surface area contributed by atoms with E-state index >= 15 is 0 Å². The number of benzene rings is 1. The van der Waals surface area contributed by atoms with Crippen molar-refractivity contribution in [1.82, 2.24) is 14.7 Å². The van der Waals surface area contributed by atoms with Crippen LogP contribution in [0.4, 0.5) is 4.79 Å². The Labute approximate surface area is 159 Å². The van der Waals surface area contributed by atoms with E-state index in [9.17, 15) is 14.4 Å². The van der Waals surface area contributed by atoms with Gasteiger partial charge in [-0.1, -0.05) is 31.9 Å². The van der Waals surface area contributed by atoms with Crippen LogP contribution in [0.1, 0.15) is 38.2 Å². The molecule has 0 unspecified atom stereocenters. The summed E-state index contributed by atoms with van der Waals surface area (Å²) in [5, 5.41) is 0. The second-order valence-corrected chi connectivity index (χ2v) is 7.52. The van der Waals surface area contributed by atoms with E-state index in [1.807, 2.05) is 43.1 Å². The Morgan fingerprint density at radius 3 is 2.37 bits per heavy atom. The number of ether oxygens (including phenoxy) is 1. The molecular weight excluding hydrogens is 346 g/mol. The first kappa shape index (κ1) is 19.4. The molecule has 7 nitrogen and oxygen atoms in total. The summed E-state index contributed by atoms with van der Waals surface area (Å²) < 4.78 is 5.15. The van der Waals surface area contributed by atoms with Gasteiger partial charge in [0, 0.05) is 12.6 Å². The maximum absolute atomic E-state index is 12.8. The molecule has 1 aliphatic heterocycles.